The van der Waals surface area contributed by atoms with E-state index in [0.717, 1.165) is 10.3 Å². The summed E-state index contributed by atoms with van der Waals surface area (Å²) in [6, 6.07) is 1.81. The molecule has 1 atom stereocenters. The van der Waals surface area contributed by atoms with Crippen LogP contribution in [0.5, 0.6) is 0 Å². The average molecular weight is 379 g/mol. The summed E-state index contributed by atoms with van der Waals surface area (Å²) in [6.45, 7) is 2.47. The fraction of sp³-hybridized carbons (Fsp3) is 0.538. The summed E-state index contributed by atoms with van der Waals surface area (Å²) in [7, 11) is 1.77. The van der Waals surface area contributed by atoms with Crippen LogP contribution in [-0.4, -0.2) is 66.9 Å². The normalized spacial score (nSPS) is 19.0. The minimum absolute atomic E-state index is 0.00283. The van der Waals surface area contributed by atoms with E-state index >= 15 is 0 Å². The first-order chi connectivity index (χ1) is 9.95. The van der Waals surface area contributed by atoms with Crippen molar-refractivity contribution in [2.45, 2.75) is 6.10 Å². The Hall–Kier alpha value is -0.890. The Kier molecular flexibility index (Phi) is 5.80. The third kappa shape index (κ3) is 4.81. The molecule has 0 spiro atoms. The zero-order chi connectivity index (χ0) is 15.4. The lowest BCUT2D eigenvalue weighted by Crippen LogP contribution is -2.48. The van der Waals surface area contributed by atoms with Gasteiger partial charge in [0.1, 0.15) is 5.82 Å². The van der Waals surface area contributed by atoms with E-state index in [2.05, 4.69) is 25.8 Å². The van der Waals surface area contributed by atoms with Gasteiger partial charge in [0, 0.05) is 30.3 Å². The fourth-order valence-corrected chi connectivity index (χ4v) is 3.05. The monoisotopic (exact) mass is 377 g/mol. The maximum absolute atomic E-state index is 10.7. The van der Waals surface area contributed by atoms with Gasteiger partial charge in [-0.25, -0.2) is 4.98 Å². The molecule has 0 bridgehead atoms. The fourth-order valence-electron chi connectivity index (χ4n) is 2.31. The van der Waals surface area contributed by atoms with Crippen LogP contribution >= 0.6 is 27.5 Å². The Morgan fingerprint density at radius 1 is 1.71 bits per heavy atom. The molecule has 1 N–H and O–H groups in total. The SMILES string of the molecule is CN(CC(=O)O)CC1CN(c2ncc(Br)cc2Cl)CCO1. The molecule has 0 radical (unpaired) electrons. The number of nitrogens with zero attached hydrogens (tertiary/aromatic N) is 3. The van der Waals surface area contributed by atoms with Crippen molar-refractivity contribution in [3.05, 3.63) is 21.8 Å². The van der Waals surface area contributed by atoms with Crippen molar-refractivity contribution in [1.82, 2.24) is 9.88 Å². The molecule has 1 aromatic rings. The number of morpholine rings is 1. The number of pyridine rings is 1. The Morgan fingerprint density at radius 2 is 2.48 bits per heavy atom. The molecule has 1 aliphatic rings. The highest BCUT2D eigenvalue weighted by Gasteiger charge is 2.24. The van der Waals surface area contributed by atoms with Gasteiger partial charge in [0.25, 0.3) is 0 Å². The highest BCUT2D eigenvalue weighted by molar-refractivity contribution is 9.10. The quantitative estimate of drug-likeness (QED) is 0.841. The molecular formula is C13H17BrClN3O3. The Morgan fingerprint density at radius 3 is 3.14 bits per heavy atom. The minimum Gasteiger partial charge on any atom is -0.480 e. The Bertz CT molecular complexity index is 517. The smallest absolute Gasteiger partial charge is 0.317 e. The Balaban J connectivity index is 1.98. The van der Waals surface area contributed by atoms with E-state index in [9.17, 15) is 4.79 Å². The van der Waals surface area contributed by atoms with E-state index in [1.165, 1.54) is 0 Å². The van der Waals surface area contributed by atoms with Gasteiger partial charge in [0.2, 0.25) is 0 Å². The molecule has 1 aliphatic heterocycles. The predicted molar refractivity (Wildman–Crippen MR) is 84.0 cm³/mol. The number of hydrogen-bond acceptors (Lipinski definition) is 5. The number of hydrogen-bond donors (Lipinski definition) is 1. The molecule has 2 rings (SSSR count). The van der Waals surface area contributed by atoms with Crippen molar-refractivity contribution < 1.29 is 14.6 Å². The predicted octanol–water partition coefficient (Wildman–Crippen LogP) is 1.72. The number of ether oxygens (including phenoxy) is 1. The summed E-state index contributed by atoms with van der Waals surface area (Å²) >= 11 is 9.56. The first-order valence-electron chi connectivity index (χ1n) is 6.53. The summed E-state index contributed by atoms with van der Waals surface area (Å²) in [6.07, 6.45) is 1.65. The van der Waals surface area contributed by atoms with Crippen molar-refractivity contribution in [1.29, 1.82) is 0 Å². The molecule has 1 unspecified atom stereocenters. The van der Waals surface area contributed by atoms with Gasteiger partial charge in [-0.1, -0.05) is 11.6 Å². The number of anilines is 1. The van der Waals surface area contributed by atoms with E-state index in [-0.39, 0.29) is 12.6 Å². The van der Waals surface area contributed by atoms with Gasteiger partial charge < -0.3 is 14.7 Å². The molecule has 6 nitrogen and oxygen atoms in total. The average Bonchev–Trinajstić information content (AvgIpc) is 2.37. The molecule has 1 fully saturated rings. The second-order valence-electron chi connectivity index (χ2n) is 4.99. The van der Waals surface area contributed by atoms with Crippen LogP contribution in [0.3, 0.4) is 0 Å². The van der Waals surface area contributed by atoms with E-state index in [1.54, 1.807) is 18.1 Å². The van der Waals surface area contributed by atoms with Gasteiger partial charge in [0.15, 0.2) is 0 Å². The zero-order valence-corrected chi connectivity index (χ0v) is 14.0. The van der Waals surface area contributed by atoms with Gasteiger partial charge in [0.05, 0.1) is 24.3 Å². The minimum atomic E-state index is -0.845. The largest absolute Gasteiger partial charge is 0.480 e. The standard InChI is InChI=1S/C13H17BrClN3O3/c1-17(8-12(19)20)6-10-7-18(2-3-21-10)13-11(15)4-9(14)5-16-13/h4-5,10H,2-3,6-8H2,1H3,(H,19,20). The van der Waals surface area contributed by atoms with E-state index in [0.29, 0.717) is 31.3 Å². The summed E-state index contributed by atoms with van der Waals surface area (Å²) in [5.41, 5.74) is 0. The molecule has 8 heteroatoms. The topological polar surface area (TPSA) is 65.9 Å². The molecule has 21 heavy (non-hydrogen) atoms. The van der Waals surface area contributed by atoms with Gasteiger partial charge >= 0.3 is 5.97 Å². The van der Waals surface area contributed by atoms with Crippen LogP contribution in [0.25, 0.3) is 0 Å². The second kappa shape index (κ2) is 7.40. The van der Waals surface area contributed by atoms with Gasteiger partial charge in [-0.2, -0.15) is 0 Å². The Labute approximate surface area is 136 Å². The molecule has 1 saturated heterocycles. The summed E-state index contributed by atoms with van der Waals surface area (Å²) in [5, 5.41) is 9.37. The van der Waals surface area contributed by atoms with E-state index in [1.807, 2.05) is 6.07 Å². The van der Waals surface area contributed by atoms with Crippen LogP contribution in [-0.2, 0) is 9.53 Å². The van der Waals surface area contributed by atoms with Crippen molar-refractivity contribution in [2.24, 2.45) is 0 Å². The number of likely N-dealkylation sites (N-methyl/N-ethyl adjacent to an activating group) is 1. The molecular weight excluding hydrogens is 362 g/mol. The number of halogens is 2. The number of carbonyl (C=O) groups is 1. The maximum Gasteiger partial charge on any atom is 0.317 e. The van der Waals surface area contributed by atoms with Crippen LogP contribution in [0.2, 0.25) is 5.02 Å². The lowest BCUT2D eigenvalue weighted by atomic mass is 10.2. The van der Waals surface area contributed by atoms with Crippen molar-refractivity contribution >= 4 is 39.3 Å². The van der Waals surface area contributed by atoms with Crippen LogP contribution < -0.4 is 4.90 Å². The first kappa shape index (κ1) is 16.5. The third-order valence-electron chi connectivity index (χ3n) is 3.15. The lowest BCUT2D eigenvalue weighted by Gasteiger charge is -2.35. The van der Waals surface area contributed by atoms with Crippen molar-refractivity contribution in [2.75, 3.05) is 44.7 Å². The van der Waals surface area contributed by atoms with Gasteiger partial charge in [-0.3, -0.25) is 9.69 Å². The molecule has 1 aromatic heterocycles. The van der Waals surface area contributed by atoms with Crippen LogP contribution in [0.4, 0.5) is 5.82 Å². The van der Waals surface area contributed by atoms with Crippen LogP contribution in [0, 0.1) is 0 Å². The molecule has 116 valence electrons. The van der Waals surface area contributed by atoms with Crippen LogP contribution in [0.1, 0.15) is 0 Å². The second-order valence-corrected chi connectivity index (χ2v) is 6.31. The number of carboxylic acid groups (broad SMARTS) is 1. The van der Waals surface area contributed by atoms with Gasteiger partial charge in [-0.15, -0.1) is 0 Å². The van der Waals surface area contributed by atoms with Crippen LogP contribution in [0.15, 0.2) is 16.7 Å². The highest BCUT2D eigenvalue weighted by Crippen LogP contribution is 2.27. The van der Waals surface area contributed by atoms with E-state index < -0.39 is 5.97 Å². The summed E-state index contributed by atoms with van der Waals surface area (Å²) in [5.74, 6) is -0.114. The lowest BCUT2D eigenvalue weighted by molar-refractivity contribution is -0.138. The third-order valence-corrected chi connectivity index (χ3v) is 3.86. The first-order valence-corrected chi connectivity index (χ1v) is 7.70. The number of aliphatic carboxylic acids is 1. The molecule has 0 aromatic carbocycles. The number of rotatable bonds is 5. The molecule has 0 saturated carbocycles. The van der Waals surface area contributed by atoms with Crippen molar-refractivity contribution in [3.63, 3.8) is 0 Å². The van der Waals surface area contributed by atoms with E-state index in [4.69, 9.17) is 21.4 Å². The number of carboxylic acids is 1. The summed E-state index contributed by atoms with van der Waals surface area (Å²) < 4.78 is 6.52. The maximum atomic E-state index is 10.7. The van der Waals surface area contributed by atoms with Gasteiger partial charge in [-0.05, 0) is 29.0 Å². The van der Waals surface area contributed by atoms with Crippen molar-refractivity contribution in [3.8, 4) is 0 Å². The summed E-state index contributed by atoms with van der Waals surface area (Å²) in [4.78, 5) is 18.8. The molecule has 2 heterocycles. The number of aromatic nitrogens is 1. The molecule has 0 amide bonds. The highest BCUT2D eigenvalue weighted by atomic mass is 79.9. The zero-order valence-electron chi connectivity index (χ0n) is 11.6. The molecule has 0 aliphatic carbocycles.